The van der Waals surface area contributed by atoms with Crippen LogP contribution in [0.25, 0.3) is 6.08 Å². The largest absolute Gasteiger partial charge is 0.493 e. The Hall–Kier alpha value is -3.64. The number of hydrogen-bond donors (Lipinski definition) is 2. The van der Waals surface area contributed by atoms with Gasteiger partial charge in [0.2, 0.25) is 11.7 Å². The Morgan fingerprint density at radius 3 is 2.71 bits per heavy atom. The van der Waals surface area contributed by atoms with Gasteiger partial charge in [-0.05, 0) is 54.3 Å². The monoisotopic (exact) mass is 459 g/mol. The molecular weight excluding hydrogens is 426 g/mol. The molecule has 0 unspecified atom stereocenters. The minimum absolute atomic E-state index is 0.0705. The van der Waals surface area contributed by atoms with Crippen LogP contribution in [0.4, 0.5) is 5.69 Å². The van der Waals surface area contributed by atoms with Gasteiger partial charge in [-0.3, -0.25) is 9.59 Å². The highest BCUT2D eigenvalue weighted by Gasteiger charge is 2.16. The first-order valence-electron chi connectivity index (χ1n) is 11.7. The smallest absolute Gasteiger partial charge is 0.220 e. The minimum Gasteiger partial charge on any atom is -0.493 e. The highest BCUT2D eigenvalue weighted by atomic mass is 16.5. The van der Waals surface area contributed by atoms with E-state index in [0.717, 1.165) is 37.1 Å². The molecule has 0 bridgehead atoms. The summed E-state index contributed by atoms with van der Waals surface area (Å²) in [5, 5.41) is 2.82. The van der Waals surface area contributed by atoms with Gasteiger partial charge in [-0.25, -0.2) is 0 Å². The molecule has 1 aromatic carbocycles. The van der Waals surface area contributed by atoms with Crippen molar-refractivity contribution in [1.29, 1.82) is 0 Å². The first-order chi connectivity index (χ1) is 16.6. The molecule has 1 heterocycles. The molecule has 2 aliphatic rings. The van der Waals surface area contributed by atoms with E-state index in [9.17, 15) is 9.59 Å². The van der Waals surface area contributed by atoms with Gasteiger partial charge in [-0.1, -0.05) is 55.0 Å². The maximum absolute atomic E-state index is 11.8. The van der Waals surface area contributed by atoms with E-state index >= 15 is 0 Å². The number of benzene rings is 1. The summed E-state index contributed by atoms with van der Waals surface area (Å²) >= 11 is 0. The summed E-state index contributed by atoms with van der Waals surface area (Å²) in [6, 6.07) is 8.36. The summed E-state index contributed by atoms with van der Waals surface area (Å²) < 4.78 is 5.11. The van der Waals surface area contributed by atoms with Gasteiger partial charge in [-0.15, -0.1) is 0 Å². The highest BCUT2D eigenvalue weighted by molar-refractivity contribution is 6.04. The molecule has 1 aliphatic heterocycles. The number of rotatable bonds is 11. The van der Waals surface area contributed by atoms with E-state index in [0.29, 0.717) is 25.3 Å². The zero-order valence-corrected chi connectivity index (χ0v) is 19.7. The summed E-state index contributed by atoms with van der Waals surface area (Å²) in [6.45, 7) is 1.87. The van der Waals surface area contributed by atoms with Crippen molar-refractivity contribution in [2.45, 2.75) is 25.7 Å². The van der Waals surface area contributed by atoms with E-state index in [1.54, 1.807) is 12.2 Å². The Kier molecular flexibility index (Phi) is 9.67. The molecule has 0 saturated heterocycles. The molecular formula is C28H33N3O3. The van der Waals surface area contributed by atoms with Crippen LogP contribution in [-0.2, 0) is 14.3 Å². The second kappa shape index (κ2) is 13.2. The number of hydrogen-bond acceptors (Lipinski definition) is 5. The van der Waals surface area contributed by atoms with Crippen LogP contribution < -0.4 is 16.0 Å². The maximum Gasteiger partial charge on any atom is 0.220 e. The summed E-state index contributed by atoms with van der Waals surface area (Å²) in [7, 11) is 1.50. The Morgan fingerprint density at radius 1 is 1.06 bits per heavy atom. The van der Waals surface area contributed by atoms with Crippen LogP contribution in [0.5, 0.6) is 0 Å². The molecule has 0 fully saturated rings. The van der Waals surface area contributed by atoms with E-state index in [4.69, 9.17) is 10.5 Å². The zero-order chi connectivity index (χ0) is 24.2. The fraction of sp³-hybridized carbons (Fsp3) is 0.286. The first-order valence-corrected chi connectivity index (χ1v) is 11.7. The lowest BCUT2D eigenvalue weighted by Crippen LogP contribution is -2.28. The molecule has 6 heteroatoms. The number of methoxy groups -OCH3 is 1. The third-order valence-electron chi connectivity index (χ3n) is 5.58. The molecule has 1 amide bonds. The topological polar surface area (TPSA) is 84.7 Å². The molecule has 1 aromatic rings. The first kappa shape index (κ1) is 25.0. The molecule has 0 aromatic heterocycles. The van der Waals surface area contributed by atoms with E-state index in [1.165, 1.54) is 24.4 Å². The molecule has 3 rings (SSSR count). The Labute approximate surface area is 201 Å². The number of ether oxygens (including phenoxy) is 1. The Morgan fingerprint density at radius 2 is 1.88 bits per heavy atom. The van der Waals surface area contributed by atoms with Crippen LogP contribution in [0.1, 0.15) is 31.2 Å². The maximum atomic E-state index is 11.8. The Bertz CT molecular complexity index is 1060. The molecule has 0 saturated carbocycles. The summed E-state index contributed by atoms with van der Waals surface area (Å²) in [5.74, 6) is 0.292. The van der Waals surface area contributed by atoms with Gasteiger partial charge in [0.05, 0.1) is 7.11 Å². The second-order valence-electron chi connectivity index (χ2n) is 8.05. The van der Waals surface area contributed by atoms with Crippen LogP contribution in [-0.4, -0.2) is 38.4 Å². The number of nitrogens with two attached hydrogens (primary N) is 1. The number of carbonyl (C=O) groups excluding carboxylic acids is 2. The van der Waals surface area contributed by atoms with E-state index in [1.807, 2.05) is 24.3 Å². The van der Waals surface area contributed by atoms with Gasteiger partial charge in [0.1, 0.15) is 0 Å². The number of anilines is 1. The molecule has 0 atom stereocenters. The van der Waals surface area contributed by atoms with Gasteiger partial charge in [0.15, 0.2) is 5.76 Å². The van der Waals surface area contributed by atoms with Crippen molar-refractivity contribution in [2.75, 3.05) is 31.6 Å². The third kappa shape index (κ3) is 7.18. The fourth-order valence-corrected chi connectivity index (χ4v) is 3.81. The van der Waals surface area contributed by atoms with Crippen molar-refractivity contribution >= 4 is 23.5 Å². The lowest BCUT2D eigenvalue weighted by atomic mass is 10.0. The van der Waals surface area contributed by atoms with E-state index in [-0.39, 0.29) is 11.7 Å². The number of para-hydroxylation sites is 1. The van der Waals surface area contributed by atoms with Crippen molar-refractivity contribution in [3.05, 3.63) is 95.5 Å². The summed E-state index contributed by atoms with van der Waals surface area (Å²) in [4.78, 5) is 25.8. The van der Waals surface area contributed by atoms with Crippen LogP contribution in [0.15, 0.2) is 89.9 Å². The van der Waals surface area contributed by atoms with Crippen LogP contribution in [0.2, 0.25) is 0 Å². The number of amides is 1. The summed E-state index contributed by atoms with van der Waals surface area (Å²) in [5.41, 5.74) is 9.82. The minimum atomic E-state index is -0.122. The average molecular weight is 460 g/mol. The predicted octanol–water partition coefficient (Wildman–Crippen LogP) is 4.19. The number of carbonyl (C=O) groups is 2. The number of fused-ring (bicyclic) bond motifs is 1. The molecule has 34 heavy (non-hydrogen) atoms. The van der Waals surface area contributed by atoms with E-state index in [2.05, 4.69) is 46.6 Å². The number of allylic oxidation sites excluding steroid dienone is 9. The fourth-order valence-electron chi connectivity index (χ4n) is 3.81. The second-order valence-corrected chi connectivity index (χ2v) is 8.05. The van der Waals surface area contributed by atoms with Crippen molar-refractivity contribution in [1.82, 2.24) is 5.32 Å². The van der Waals surface area contributed by atoms with Crippen molar-refractivity contribution in [3.63, 3.8) is 0 Å². The van der Waals surface area contributed by atoms with Gasteiger partial charge in [0, 0.05) is 37.4 Å². The van der Waals surface area contributed by atoms with Crippen molar-refractivity contribution < 1.29 is 14.3 Å². The third-order valence-corrected chi connectivity index (χ3v) is 5.58. The van der Waals surface area contributed by atoms with Crippen LogP contribution in [0.3, 0.4) is 0 Å². The Balaban J connectivity index is 1.63. The SMILES string of the molecule is COC1=CC(=CC=CC=C2C=Cc3ccccc3N2CCCCCC(=O)NCCN)C=CC1=O. The average Bonchev–Trinajstić information content (AvgIpc) is 2.86. The summed E-state index contributed by atoms with van der Waals surface area (Å²) in [6.07, 6.45) is 20.6. The predicted molar refractivity (Wildman–Crippen MR) is 138 cm³/mol. The molecule has 0 spiro atoms. The van der Waals surface area contributed by atoms with Crippen molar-refractivity contribution in [3.8, 4) is 0 Å². The number of unbranched alkanes of at least 4 members (excludes halogenated alkanes) is 2. The number of nitrogens with zero attached hydrogens (tertiary/aromatic N) is 1. The number of nitrogens with one attached hydrogen (secondary N) is 1. The van der Waals surface area contributed by atoms with Crippen molar-refractivity contribution in [2.24, 2.45) is 5.73 Å². The molecule has 1 aliphatic carbocycles. The molecule has 6 nitrogen and oxygen atoms in total. The standard InChI is InChI=1S/C28H33N3O3/c1-34-27-21-22(14-17-26(27)32)9-4-6-11-24-16-15-23-10-5-7-12-25(23)31(24)20-8-2-3-13-28(33)30-19-18-29/h4-7,9-12,14-17,21H,2-3,8,13,18-20,29H2,1H3,(H,30,33). The van der Waals surface area contributed by atoms with Gasteiger partial charge < -0.3 is 20.7 Å². The molecule has 3 N–H and O–H groups in total. The quantitative estimate of drug-likeness (QED) is 0.485. The number of ketones is 1. The zero-order valence-electron chi connectivity index (χ0n) is 19.7. The van der Waals surface area contributed by atoms with Gasteiger partial charge in [-0.2, -0.15) is 0 Å². The lowest BCUT2D eigenvalue weighted by molar-refractivity contribution is -0.121. The van der Waals surface area contributed by atoms with Gasteiger partial charge in [0.25, 0.3) is 0 Å². The van der Waals surface area contributed by atoms with Gasteiger partial charge >= 0.3 is 0 Å². The molecule has 178 valence electrons. The van der Waals surface area contributed by atoms with E-state index < -0.39 is 0 Å². The van der Waals surface area contributed by atoms with Crippen LogP contribution in [0, 0.1) is 0 Å². The highest BCUT2D eigenvalue weighted by Crippen LogP contribution is 2.31. The normalized spacial score (nSPS) is 17.4. The van der Waals surface area contributed by atoms with Crippen LogP contribution >= 0.6 is 0 Å². The lowest BCUT2D eigenvalue weighted by Gasteiger charge is -2.30. The molecule has 0 radical (unpaired) electrons.